The molecule has 2 rings (SSSR count). The van der Waals surface area contributed by atoms with Gasteiger partial charge >= 0.3 is 0 Å². The molecule has 0 aliphatic carbocycles. The maximum Gasteiger partial charge on any atom is 0.226 e. The molecule has 0 radical (unpaired) electrons. The first-order chi connectivity index (χ1) is 9.08. The predicted octanol–water partition coefficient (Wildman–Crippen LogP) is 3.26. The monoisotopic (exact) mass is 297 g/mol. The molecule has 1 unspecified atom stereocenters. The van der Waals surface area contributed by atoms with Crippen molar-refractivity contribution in [2.45, 2.75) is 19.8 Å². The van der Waals surface area contributed by atoms with E-state index in [1.807, 2.05) is 19.1 Å². The second-order valence-electron chi connectivity index (χ2n) is 4.56. The first-order valence-corrected chi connectivity index (χ1v) is 7.34. The van der Waals surface area contributed by atoms with Crippen LogP contribution >= 0.6 is 22.9 Å². The summed E-state index contributed by atoms with van der Waals surface area (Å²) in [6.45, 7) is 2.64. The summed E-state index contributed by atoms with van der Waals surface area (Å²) < 4.78 is 0.970. The maximum atomic E-state index is 11.8. The first-order valence-electron chi connectivity index (χ1n) is 6.14. The van der Waals surface area contributed by atoms with Crippen molar-refractivity contribution in [2.75, 3.05) is 11.9 Å². The highest BCUT2D eigenvalue weighted by atomic mass is 35.5. The van der Waals surface area contributed by atoms with Gasteiger partial charge < -0.3 is 11.1 Å². The smallest absolute Gasteiger partial charge is 0.226 e. The van der Waals surface area contributed by atoms with Crippen molar-refractivity contribution in [3.05, 3.63) is 23.2 Å². The van der Waals surface area contributed by atoms with Gasteiger partial charge in [-0.15, -0.1) is 0 Å². The normalized spacial score (nSPS) is 12.6. The van der Waals surface area contributed by atoms with Gasteiger partial charge in [0, 0.05) is 11.4 Å². The predicted molar refractivity (Wildman–Crippen MR) is 80.7 cm³/mol. The zero-order valence-corrected chi connectivity index (χ0v) is 12.2. The third kappa shape index (κ3) is 3.89. The van der Waals surface area contributed by atoms with Gasteiger partial charge in [0.1, 0.15) is 0 Å². The van der Waals surface area contributed by atoms with E-state index in [1.54, 1.807) is 6.07 Å². The minimum absolute atomic E-state index is 0.0227. The van der Waals surface area contributed by atoms with E-state index < -0.39 is 0 Å². The van der Waals surface area contributed by atoms with Gasteiger partial charge in [-0.25, -0.2) is 4.98 Å². The molecule has 0 saturated carbocycles. The summed E-state index contributed by atoms with van der Waals surface area (Å²) in [6.07, 6.45) is 1.26. The molecule has 0 aliphatic rings. The zero-order valence-electron chi connectivity index (χ0n) is 10.6. The molecule has 4 nitrogen and oxygen atoms in total. The molecule has 0 aliphatic heterocycles. The fraction of sp³-hybridized carbons (Fsp3) is 0.385. The quantitative estimate of drug-likeness (QED) is 0.890. The summed E-state index contributed by atoms with van der Waals surface area (Å²) in [5, 5.41) is 4.10. The Balaban J connectivity index is 1.99. The first kappa shape index (κ1) is 14.2. The number of rotatable bonds is 5. The van der Waals surface area contributed by atoms with E-state index in [0.717, 1.165) is 16.6 Å². The molecule has 0 bridgehead atoms. The summed E-state index contributed by atoms with van der Waals surface area (Å²) >= 11 is 7.34. The lowest BCUT2D eigenvalue weighted by Crippen LogP contribution is -2.16. The highest BCUT2D eigenvalue weighted by Crippen LogP contribution is 2.28. The van der Waals surface area contributed by atoms with Crippen LogP contribution in [0.4, 0.5) is 5.13 Å². The number of carbonyl (C=O) groups excluding carboxylic acids is 1. The van der Waals surface area contributed by atoms with Crippen LogP contribution in [-0.4, -0.2) is 17.4 Å². The number of aromatic nitrogens is 1. The van der Waals surface area contributed by atoms with Crippen LogP contribution in [0, 0.1) is 5.92 Å². The van der Waals surface area contributed by atoms with Crippen molar-refractivity contribution in [1.29, 1.82) is 0 Å². The van der Waals surface area contributed by atoms with E-state index in [9.17, 15) is 4.79 Å². The molecule has 102 valence electrons. The largest absolute Gasteiger partial charge is 0.330 e. The minimum atomic E-state index is -0.0227. The van der Waals surface area contributed by atoms with Gasteiger partial charge in [0.15, 0.2) is 5.13 Å². The third-order valence-corrected chi connectivity index (χ3v) is 4.03. The molecule has 1 aromatic carbocycles. The van der Waals surface area contributed by atoms with Crippen molar-refractivity contribution in [1.82, 2.24) is 4.98 Å². The van der Waals surface area contributed by atoms with Crippen LogP contribution in [0.25, 0.3) is 10.2 Å². The fourth-order valence-electron chi connectivity index (χ4n) is 1.63. The fourth-order valence-corrected chi connectivity index (χ4v) is 2.79. The SMILES string of the molecule is CC(CN)CCC(=O)Nc1nc2ccc(Cl)cc2s1. The van der Waals surface area contributed by atoms with Crippen LogP contribution in [-0.2, 0) is 4.79 Å². The number of hydrogen-bond acceptors (Lipinski definition) is 4. The van der Waals surface area contributed by atoms with Crippen LogP contribution in [0.3, 0.4) is 0 Å². The summed E-state index contributed by atoms with van der Waals surface area (Å²) in [7, 11) is 0. The molecule has 0 saturated heterocycles. The average Bonchev–Trinajstić information content (AvgIpc) is 2.77. The molecule has 1 aromatic heterocycles. The number of benzene rings is 1. The van der Waals surface area contributed by atoms with Crippen molar-refractivity contribution in [3.63, 3.8) is 0 Å². The van der Waals surface area contributed by atoms with Gasteiger partial charge in [-0.2, -0.15) is 0 Å². The maximum absolute atomic E-state index is 11.8. The van der Waals surface area contributed by atoms with E-state index in [1.165, 1.54) is 11.3 Å². The highest BCUT2D eigenvalue weighted by Gasteiger charge is 2.09. The Morgan fingerprint density at radius 1 is 1.58 bits per heavy atom. The topological polar surface area (TPSA) is 68.0 Å². The molecule has 19 heavy (non-hydrogen) atoms. The van der Waals surface area contributed by atoms with Crippen LogP contribution in [0.1, 0.15) is 19.8 Å². The number of halogens is 1. The number of nitrogens with two attached hydrogens (primary N) is 1. The van der Waals surface area contributed by atoms with Gasteiger partial charge in [-0.3, -0.25) is 4.79 Å². The molecule has 3 N–H and O–H groups in total. The lowest BCUT2D eigenvalue weighted by Gasteiger charge is -2.06. The van der Waals surface area contributed by atoms with E-state index in [-0.39, 0.29) is 5.91 Å². The van der Waals surface area contributed by atoms with Crippen LogP contribution < -0.4 is 11.1 Å². The number of carbonyl (C=O) groups is 1. The molecule has 6 heteroatoms. The molecular formula is C13H16ClN3OS. The van der Waals surface area contributed by atoms with Gasteiger partial charge in [-0.1, -0.05) is 29.9 Å². The van der Waals surface area contributed by atoms with E-state index in [4.69, 9.17) is 17.3 Å². The second kappa shape index (κ2) is 6.32. The number of thiazole rings is 1. The van der Waals surface area contributed by atoms with E-state index in [2.05, 4.69) is 10.3 Å². The number of fused-ring (bicyclic) bond motifs is 1. The molecular weight excluding hydrogens is 282 g/mol. The number of hydrogen-bond donors (Lipinski definition) is 2. The zero-order chi connectivity index (χ0) is 13.8. The Hall–Kier alpha value is -1.17. The van der Waals surface area contributed by atoms with Crippen LogP contribution in [0.2, 0.25) is 5.02 Å². The Bertz CT molecular complexity index is 584. The Morgan fingerprint density at radius 3 is 3.11 bits per heavy atom. The lowest BCUT2D eigenvalue weighted by atomic mass is 10.1. The summed E-state index contributed by atoms with van der Waals surface area (Å²) in [5.41, 5.74) is 6.37. The Kier molecular flexibility index (Phi) is 4.74. The van der Waals surface area contributed by atoms with Crippen molar-refractivity contribution in [3.8, 4) is 0 Å². The van der Waals surface area contributed by atoms with Crippen LogP contribution in [0.5, 0.6) is 0 Å². The van der Waals surface area contributed by atoms with Gasteiger partial charge in [0.25, 0.3) is 0 Å². The molecule has 2 aromatic rings. The summed E-state index contributed by atoms with van der Waals surface area (Å²) in [6, 6.07) is 5.49. The molecule has 0 spiro atoms. The van der Waals surface area contributed by atoms with Gasteiger partial charge in [-0.05, 0) is 37.1 Å². The number of amides is 1. The average molecular weight is 298 g/mol. The second-order valence-corrected chi connectivity index (χ2v) is 6.03. The van der Waals surface area contributed by atoms with Crippen LogP contribution in [0.15, 0.2) is 18.2 Å². The van der Waals surface area contributed by atoms with Crippen molar-refractivity contribution in [2.24, 2.45) is 11.7 Å². The van der Waals surface area contributed by atoms with Gasteiger partial charge in [0.05, 0.1) is 10.2 Å². The molecule has 1 amide bonds. The van der Waals surface area contributed by atoms with Crippen molar-refractivity contribution >= 4 is 44.2 Å². The number of anilines is 1. The third-order valence-electron chi connectivity index (χ3n) is 2.86. The Labute approximate surface area is 121 Å². The standard InChI is InChI=1S/C13H16ClN3OS/c1-8(7-15)2-5-12(18)17-13-16-10-4-3-9(14)6-11(10)19-13/h3-4,6,8H,2,5,7,15H2,1H3,(H,16,17,18). The van der Waals surface area contributed by atoms with Crippen molar-refractivity contribution < 1.29 is 4.79 Å². The highest BCUT2D eigenvalue weighted by molar-refractivity contribution is 7.22. The molecule has 0 fully saturated rings. The summed E-state index contributed by atoms with van der Waals surface area (Å²) in [5.74, 6) is 0.338. The number of nitrogens with zero attached hydrogens (tertiary/aromatic N) is 1. The Morgan fingerprint density at radius 2 is 2.37 bits per heavy atom. The minimum Gasteiger partial charge on any atom is -0.330 e. The van der Waals surface area contributed by atoms with E-state index >= 15 is 0 Å². The summed E-state index contributed by atoms with van der Waals surface area (Å²) in [4.78, 5) is 16.1. The molecule has 1 atom stereocenters. The van der Waals surface area contributed by atoms with E-state index in [0.29, 0.717) is 29.0 Å². The number of nitrogens with one attached hydrogen (secondary N) is 1. The van der Waals surface area contributed by atoms with Gasteiger partial charge in [0.2, 0.25) is 5.91 Å². The lowest BCUT2D eigenvalue weighted by molar-refractivity contribution is -0.116. The molecule has 1 heterocycles.